The molecule has 0 fully saturated rings. The Bertz CT molecular complexity index is 61.5. The maximum Gasteiger partial charge on any atom is 0.0748 e. The maximum atomic E-state index is 5.34. The third-order valence-electron chi connectivity index (χ3n) is 0.984. The lowest BCUT2D eigenvalue weighted by Gasteiger charge is -2.21. The van der Waals surface area contributed by atoms with E-state index in [-0.39, 0.29) is 5.60 Å². The topological polar surface area (TPSA) is 35.2 Å². The lowest BCUT2D eigenvalue weighted by molar-refractivity contribution is 0.00590. The van der Waals surface area contributed by atoms with Crippen molar-refractivity contribution in [2.75, 3.05) is 13.2 Å². The van der Waals surface area contributed by atoms with Gasteiger partial charge in [-0.3, -0.25) is 0 Å². The zero-order valence-corrected chi connectivity index (χ0v) is 5.61. The third kappa shape index (κ3) is 2.99. The number of rotatable bonds is 3. The quantitative estimate of drug-likeness (QED) is 0.585. The van der Waals surface area contributed by atoms with Crippen molar-refractivity contribution in [3.8, 4) is 0 Å². The molecular formula is C6H14NO. The molecule has 2 N–H and O–H groups in total. The summed E-state index contributed by atoms with van der Waals surface area (Å²) in [6.45, 7) is 8.46. The van der Waals surface area contributed by atoms with Gasteiger partial charge < -0.3 is 10.5 Å². The molecule has 0 heterocycles. The summed E-state index contributed by atoms with van der Waals surface area (Å²) < 4.78 is 5.14. The van der Waals surface area contributed by atoms with Crippen LogP contribution in [0.1, 0.15) is 13.8 Å². The van der Waals surface area contributed by atoms with Crippen LogP contribution in [0.25, 0.3) is 0 Å². The van der Waals surface area contributed by atoms with E-state index in [1.54, 1.807) is 0 Å². The predicted molar refractivity (Wildman–Crippen MR) is 34.4 cm³/mol. The average Bonchev–Trinajstić information content (AvgIpc) is 1.67. The van der Waals surface area contributed by atoms with Crippen LogP contribution in [0.15, 0.2) is 0 Å². The fourth-order valence-corrected chi connectivity index (χ4v) is 0.335. The standard InChI is InChI=1S/C6H14NO/c1-4-8-6(2,3)5-7/h1,4-5,7H2,2-3H3. The molecule has 2 heteroatoms. The number of hydrogen-bond acceptors (Lipinski definition) is 2. The van der Waals surface area contributed by atoms with Gasteiger partial charge in [0.1, 0.15) is 0 Å². The Morgan fingerprint density at radius 2 is 2.12 bits per heavy atom. The summed E-state index contributed by atoms with van der Waals surface area (Å²) in [6, 6.07) is 0. The summed E-state index contributed by atoms with van der Waals surface area (Å²) in [6.07, 6.45) is 0. The van der Waals surface area contributed by atoms with E-state index in [4.69, 9.17) is 10.5 Å². The number of nitrogens with two attached hydrogens (primary N) is 1. The van der Waals surface area contributed by atoms with E-state index in [9.17, 15) is 0 Å². The molecule has 0 unspecified atom stereocenters. The van der Waals surface area contributed by atoms with Gasteiger partial charge in [-0.2, -0.15) is 0 Å². The third-order valence-corrected chi connectivity index (χ3v) is 0.984. The minimum atomic E-state index is -0.193. The molecule has 0 aromatic carbocycles. The first-order chi connectivity index (χ1) is 3.62. The molecule has 0 aliphatic heterocycles. The first-order valence-corrected chi connectivity index (χ1v) is 2.75. The SMILES string of the molecule is [CH2]COC(C)(C)CN. The molecule has 1 radical (unpaired) electrons. The van der Waals surface area contributed by atoms with Gasteiger partial charge in [0, 0.05) is 13.2 Å². The van der Waals surface area contributed by atoms with Gasteiger partial charge in [-0.15, -0.1) is 0 Å². The molecule has 0 saturated carbocycles. The molecule has 2 nitrogen and oxygen atoms in total. The first kappa shape index (κ1) is 7.92. The zero-order chi connectivity index (χ0) is 6.62. The highest BCUT2D eigenvalue weighted by atomic mass is 16.5. The normalized spacial score (nSPS) is 12.0. The smallest absolute Gasteiger partial charge is 0.0748 e. The van der Waals surface area contributed by atoms with Crippen LogP contribution in [0.3, 0.4) is 0 Å². The zero-order valence-electron chi connectivity index (χ0n) is 5.61. The van der Waals surface area contributed by atoms with Crippen molar-refractivity contribution < 1.29 is 4.74 Å². The molecule has 0 spiro atoms. The van der Waals surface area contributed by atoms with Crippen molar-refractivity contribution in [3.05, 3.63) is 6.92 Å². The van der Waals surface area contributed by atoms with Gasteiger partial charge in [0.15, 0.2) is 0 Å². The Morgan fingerprint density at radius 1 is 1.62 bits per heavy atom. The molecule has 0 aliphatic rings. The van der Waals surface area contributed by atoms with Crippen LogP contribution in [-0.4, -0.2) is 18.8 Å². The second kappa shape index (κ2) is 3.05. The Balaban J connectivity index is 3.37. The minimum absolute atomic E-state index is 0.193. The molecular weight excluding hydrogens is 102 g/mol. The fraction of sp³-hybridized carbons (Fsp3) is 0.833. The molecule has 0 aliphatic carbocycles. The van der Waals surface area contributed by atoms with Crippen LogP contribution in [-0.2, 0) is 4.74 Å². The summed E-state index contributed by atoms with van der Waals surface area (Å²) >= 11 is 0. The van der Waals surface area contributed by atoms with E-state index in [1.165, 1.54) is 0 Å². The second-order valence-electron chi connectivity index (χ2n) is 2.31. The van der Waals surface area contributed by atoms with Crippen LogP contribution in [0.4, 0.5) is 0 Å². The summed E-state index contributed by atoms with van der Waals surface area (Å²) in [7, 11) is 0. The second-order valence-corrected chi connectivity index (χ2v) is 2.31. The van der Waals surface area contributed by atoms with Gasteiger partial charge in [0.2, 0.25) is 0 Å². The van der Waals surface area contributed by atoms with E-state index in [0.717, 1.165) is 0 Å². The largest absolute Gasteiger partial charge is 0.374 e. The number of ether oxygens (including phenoxy) is 1. The van der Waals surface area contributed by atoms with Crippen LogP contribution in [0.5, 0.6) is 0 Å². The van der Waals surface area contributed by atoms with Gasteiger partial charge in [-0.25, -0.2) is 0 Å². The molecule has 0 saturated heterocycles. The highest BCUT2D eigenvalue weighted by Gasteiger charge is 2.13. The molecule has 0 aromatic heterocycles. The predicted octanol–water partition coefficient (Wildman–Crippen LogP) is 0.574. The number of hydrogen-bond donors (Lipinski definition) is 1. The van der Waals surface area contributed by atoms with Crippen molar-refractivity contribution in [1.82, 2.24) is 0 Å². The van der Waals surface area contributed by atoms with Crippen molar-refractivity contribution in [2.24, 2.45) is 5.73 Å². The Kier molecular flexibility index (Phi) is 3.02. The molecule has 0 amide bonds. The van der Waals surface area contributed by atoms with Crippen LogP contribution >= 0.6 is 0 Å². The minimum Gasteiger partial charge on any atom is -0.374 e. The van der Waals surface area contributed by atoms with E-state index >= 15 is 0 Å². The fourth-order valence-electron chi connectivity index (χ4n) is 0.335. The van der Waals surface area contributed by atoms with Gasteiger partial charge in [-0.05, 0) is 20.8 Å². The van der Waals surface area contributed by atoms with Gasteiger partial charge in [0.05, 0.1) is 5.60 Å². The summed E-state index contributed by atoms with van der Waals surface area (Å²) in [5.41, 5.74) is 5.15. The van der Waals surface area contributed by atoms with Gasteiger partial charge in [0.25, 0.3) is 0 Å². The van der Waals surface area contributed by atoms with Gasteiger partial charge in [-0.1, -0.05) is 0 Å². The van der Waals surface area contributed by atoms with Crippen molar-refractivity contribution in [2.45, 2.75) is 19.4 Å². The lowest BCUT2D eigenvalue weighted by atomic mass is 10.1. The van der Waals surface area contributed by atoms with E-state index in [2.05, 4.69) is 6.92 Å². The summed E-state index contributed by atoms with van der Waals surface area (Å²) in [5, 5.41) is 0. The summed E-state index contributed by atoms with van der Waals surface area (Å²) in [5.74, 6) is 0. The van der Waals surface area contributed by atoms with Gasteiger partial charge >= 0.3 is 0 Å². The maximum absolute atomic E-state index is 5.34. The van der Waals surface area contributed by atoms with Crippen molar-refractivity contribution in [1.29, 1.82) is 0 Å². The molecule has 0 rings (SSSR count). The van der Waals surface area contributed by atoms with Crippen LogP contribution < -0.4 is 5.73 Å². The molecule has 49 valence electrons. The van der Waals surface area contributed by atoms with E-state index < -0.39 is 0 Å². The Labute approximate surface area is 51.0 Å². The molecule has 8 heavy (non-hydrogen) atoms. The Hall–Kier alpha value is -0.0800. The van der Waals surface area contributed by atoms with Crippen molar-refractivity contribution >= 4 is 0 Å². The molecule has 0 atom stereocenters. The highest BCUT2D eigenvalue weighted by Crippen LogP contribution is 2.04. The van der Waals surface area contributed by atoms with E-state index in [1.807, 2.05) is 13.8 Å². The molecule has 0 aromatic rings. The summed E-state index contributed by atoms with van der Waals surface area (Å²) in [4.78, 5) is 0. The Morgan fingerprint density at radius 3 is 2.25 bits per heavy atom. The van der Waals surface area contributed by atoms with Crippen LogP contribution in [0, 0.1) is 6.92 Å². The van der Waals surface area contributed by atoms with Crippen molar-refractivity contribution in [3.63, 3.8) is 0 Å². The monoisotopic (exact) mass is 116 g/mol. The average molecular weight is 116 g/mol. The van der Waals surface area contributed by atoms with E-state index in [0.29, 0.717) is 13.2 Å². The first-order valence-electron chi connectivity index (χ1n) is 2.75. The lowest BCUT2D eigenvalue weighted by Crippen LogP contribution is -2.33. The highest BCUT2D eigenvalue weighted by molar-refractivity contribution is 4.68. The van der Waals surface area contributed by atoms with Crippen LogP contribution in [0.2, 0.25) is 0 Å². The molecule has 0 bridgehead atoms.